The standard InChI is InChI=1S/C3H8NO2PS.C2H8NOPS.2C2H7NOPS.3CH2O/c4-2(1-8-7)3(5)6;3*3-2(4)1-6-5;3*1-2/h2H,1,4,7H2,(H,5,6);2,4H,1,3,5H2;2*2H,1,3,5H2;3*1H2/q;;2*-1;;;/p+2. The molecule has 198 valence electrons. The van der Waals surface area contributed by atoms with Gasteiger partial charge in [0.05, 0.1) is 5.75 Å². The number of hydrogen-bond acceptors (Lipinski definition) is 13. The van der Waals surface area contributed by atoms with Crippen LogP contribution in [0, 0.1) is 0 Å². The zero-order chi connectivity index (χ0) is 27.5. The van der Waals surface area contributed by atoms with E-state index < -0.39 is 30.7 Å². The van der Waals surface area contributed by atoms with E-state index in [0.717, 1.165) is 0 Å². The maximum Gasteiger partial charge on any atom is 0.321 e. The number of hydrogen-bond donors (Lipinski definition) is 6. The van der Waals surface area contributed by atoms with Crippen LogP contribution >= 0.6 is 79.3 Å². The van der Waals surface area contributed by atoms with E-state index in [4.69, 9.17) is 36.1 Å². The highest BCUT2D eigenvalue weighted by Gasteiger charge is 2.08. The molecule has 12 nitrogen and oxygen atoms in total. The molecule has 8 atom stereocenters. The molecule has 0 bridgehead atoms. The van der Waals surface area contributed by atoms with E-state index in [1.165, 1.54) is 45.5 Å². The van der Waals surface area contributed by atoms with Gasteiger partial charge in [0.15, 0.2) is 6.23 Å². The van der Waals surface area contributed by atoms with Gasteiger partial charge >= 0.3 is 5.97 Å². The van der Waals surface area contributed by atoms with Gasteiger partial charge in [0.25, 0.3) is 0 Å². The topological polar surface area (TPSA) is 262 Å². The molecule has 0 rings (SSSR count). The first-order valence-corrected chi connectivity index (χ1v) is 17.4. The highest BCUT2D eigenvalue weighted by atomic mass is 32.7. The van der Waals surface area contributed by atoms with Crippen molar-refractivity contribution in [3.8, 4) is 0 Å². The summed E-state index contributed by atoms with van der Waals surface area (Å²) in [5, 5.41) is 36.4. The maximum atomic E-state index is 9.98. The predicted molar refractivity (Wildman–Crippen MR) is 149 cm³/mol. The Bertz CT molecular complexity index is 312. The molecule has 0 aliphatic heterocycles. The molecule has 0 aliphatic carbocycles. The van der Waals surface area contributed by atoms with Crippen molar-refractivity contribution in [1.29, 1.82) is 0 Å². The first kappa shape index (κ1) is 50.2. The third-order valence-electron chi connectivity index (χ3n) is 1.42. The van der Waals surface area contributed by atoms with E-state index in [1.807, 2.05) is 20.4 Å². The SMILES string of the molecule is C=O.C=O.C=O.NC(CSP)C(=O)O.NC([O-])CSP.[NH3+]C(O)CSP.[NH3+]C([O-])CSP. The van der Waals surface area contributed by atoms with Crippen LogP contribution in [0.25, 0.3) is 0 Å². The minimum atomic E-state index is -0.944. The third kappa shape index (κ3) is 96.0. The van der Waals surface area contributed by atoms with Crippen molar-refractivity contribution < 1.29 is 51.1 Å². The number of carbonyl (C=O) groups excluding carboxylic acids is 3. The lowest BCUT2D eigenvalue weighted by Crippen LogP contribution is -2.69. The van der Waals surface area contributed by atoms with E-state index in [0.29, 0.717) is 23.0 Å². The van der Waals surface area contributed by atoms with Crippen LogP contribution in [0.1, 0.15) is 0 Å². The molecular weight excluding hydrogens is 580 g/mol. The van der Waals surface area contributed by atoms with Gasteiger partial charge < -0.3 is 57.7 Å². The van der Waals surface area contributed by atoms with Gasteiger partial charge in [-0.3, -0.25) is 4.79 Å². The lowest BCUT2D eigenvalue weighted by Gasteiger charge is -2.11. The summed E-state index contributed by atoms with van der Waals surface area (Å²) in [5.74, 6) is 1.26. The van der Waals surface area contributed by atoms with E-state index in [-0.39, 0.29) is 0 Å². The average Bonchev–Trinajstić information content (AvgIpc) is 2.73. The summed E-state index contributed by atoms with van der Waals surface area (Å²) < 4.78 is 0. The molecule has 0 amide bonds. The van der Waals surface area contributed by atoms with Gasteiger partial charge in [0, 0.05) is 17.7 Å². The summed E-state index contributed by atoms with van der Waals surface area (Å²) in [4.78, 5) is 33.9. The molecule has 32 heavy (non-hydrogen) atoms. The molecule has 0 spiro atoms. The van der Waals surface area contributed by atoms with Crippen LogP contribution < -0.4 is 33.1 Å². The maximum absolute atomic E-state index is 9.98. The lowest BCUT2D eigenvalue weighted by molar-refractivity contribution is -0.649. The molecular formula is C12H38N4O8P4S4. The first-order valence-electron chi connectivity index (χ1n) is 7.53. The largest absolute Gasteiger partial charge is 0.840 e. The van der Waals surface area contributed by atoms with Crippen molar-refractivity contribution >= 4 is 106 Å². The molecule has 20 heteroatoms. The normalized spacial score (nSPS) is 11.8. The van der Waals surface area contributed by atoms with E-state index >= 15 is 0 Å². The second-order valence-corrected chi connectivity index (χ2v) is 10.8. The third-order valence-corrected chi connectivity index (χ3v) is 5.95. The minimum absolute atomic E-state index is 0.410. The molecule has 0 heterocycles. The highest BCUT2D eigenvalue weighted by Crippen LogP contribution is 2.10. The Kier molecular flexibility index (Phi) is 84.2. The summed E-state index contributed by atoms with van der Waals surface area (Å²) in [6.45, 7) is 6.00. The lowest BCUT2D eigenvalue weighted by atomic mass is 10.4. The highest BCUT2D eigenvalue weighted by molar-refractivity contribution is 8.44. The predicted octanol–water partition coefficient (Wildman–Crippen LogP) is -3.97. The Morgan fingerprint density at radius 1 is 0.812 bits per heavy atom. The van der Waals surface area contributed by atoms with E-state index in [1.54, 1.807) is 0 Å². The van der Waals surface area contributed by atoms with Crippen molar-refractivity contribution in [2.45, 2.75) is 24.7 Å². The number of aliphatic carboxylic acids is 1. The van der Waals surface area contributed by atoms with Gasteiger partial charge in [-0.25, -0.2) is 0 Å². The molecule has 0 saturated carbocycles. The smallest absolute Gasteiger partial charge is 0.321 e. The van der Waals surface area contributed by atoms with Crippen LogP contribution in [-0.2, 0) is 19.2 Å². The van der Waals surface area contributed by atoms with Gasteiger partial charge in [-0.15, -0.1) is 45.5 Å². The second-order valence-electron chi connectivity index (χ2n) is 4.09. The number of carboxylic acid groups (broad SMARTS) is 1. The van der Waals surface area contributed by atoms with Gasteiger partial charge in [0.1, 0.15) is 26.4 Å². The molecule has 0 saturated heterocycles. The fourth-order valence-electron chi connectivity index (χ4n) is 0.488. The average molecular weight is 619 g/mol. The molecule has 0 aliphatic rings. The molecule has 0 aromatic rings. The summed E-state index contributed by atoms with van der Waals surface area (Å²) in [6.07, 6.45) is -1.98. The van der Waals surface area contributed by atoms with Gasteiger partial charge in [-0.1, -0.05) is 40.0 Å². The number of carboxylic acids is 1. The number of aliphatic hydroxyl groups excluding tert-OH is 1. The van der Waals surface area contributed by atoms with Crippen molar-refractivity contribution in [2.75, 3.05) is 23.0 Å². The molecule has 0 aromatic heterocycles. The molecule has 0 radical (unpaired) electrons. The fraction of sp³-hybridized carbons (Fsp3) is 0.667. The van der Waals surface area contributed by atoms with Crippen molar-refractivity contribution in [1.82, 2.24) is 0 Å². The Labute approximate surface area is 215 Å². The van der Waals surface area contributed by atoms with Crippen molar-refractivity contribution in [2.24, 2.45) is 11.5 Å². The Hall–Kier alpha value is 1.32. The summed E-state index contributed by atoms with van der Waals surface area (Å²) in [6, 6.07) is -0.725. The summed E-state index contributed by atoms with van der Waals surface area (Å²) >= 11 is 5.70. The van der Waals surface area contributed by atoms with Crippen LogP contribution in [0.2, 0.25) is 0 Å². The van der Waals surface area contributed by atoms with Crippen LogP contribution in [-0.4, -0.2) is 84.3 Å². The van der Waals surface area contributed by atoms with Gasteiger partial charge in [-0.05, 0) is 5.75 Å². The fourth-order valence-corrected chi connectivity index (χ4v) is 3.97. The zero-order valence-electron chi connectivity index (χ0n) is 17.6. The van der Waals surface area contributed by atoms with Gasteiger partial charge in [0.2, 0.25) is 0 Å². The van der Waals surface area contributed by atoms with Gasteiger partial charge in [-0.2, -0.15) is 0 Å². The van der Waals surface area contributed by atoms with E-state index in [2.05, 4.69) is 45.2 Å². The molecule has 12 N–H and O–H groups in total. The summed E-state index contributed by atoms with van der Waals surface area (Å²) in [7, 11) is 9.54. The number of rotatable bonds is 9. The number of carbonyl (C=O) groups is 4. The minimum Gasteiger partial charge on any atom is -0.840 e. The van der Waals surface area contributed by atoms with Crippen molar-refractivity contribution in [3.63, 3.8) is 0 Å². The second kappa shape index (κ2) is 53.6. The molecule has 0 aromatic carbocycles. The van der Waals surface area contributed by atoms with Crippen LogP contribution in [0.3, 0.4) is 0 Å². The quantitative estimate of drug-likeness (QED) is 0.106. The number of quaternary nitrogens is 2. The Morgan fingerprint density at radius 2 is 1.12 bits per heavy atom. The van der Waals surface area contributed by atoms with Crippen LogP contribution in [0.5, 0.6) is 0 Å². The first-order chi connectivity index (χ1) is 15.0. The molecule has 0 fully saturated rings. The monoisotopic (exact) mass is 618 g/mol. The Balaban J connectivity index is -0.0000000484. The summed E-state index contributed by atoms with van der Waals surface area (Å²) in [5.41, 5.74) is 16.5. The number of nitrogens with two attached hydrogens (primary N) is 2. The number of aliphatic hydroxyl groups is 1. The van der Waals surface area contributed by atoms with Crippen LogP contribution in [0.4, 0.5) is 0 Å². The van der Waals surface area contributed by atoms with E-state index in [9.17, 15) is 15.0 Å². The van der Waals surface area contributed by atoms with Crippen LogP contribution in [0.15, 0.2) is 0 Å². The Morgan fingerprint density at radius 3 is 1.16 bits per heavy atom. The van der Waals surface area contributed by atoms with Crippen molar-refractivity contribution in [3.05, 3.63) is 0 Å². The molecule has 8 unspecified atom stereocenters. The zero-order valence-corrected chi connectivity index (χ0v) is 25.5.